The summed E-state index contributed by atoms with van der Waals surface area (Å²) in [6.07, 6.45) is -2.00. The lowest BCUT2D eigenvalue weighted by Gasteiger charge is -2.08. The van der Waals surface area contributed by atoms with Crippen molar-refractivity contribution in [3.8, 4) is 0 Å². The molecule has 0 aromatic heterocycles. The number of amides is 2. The van der Waals surface area contributed by atoms with Gasteiger partial charge in [0.05, 0.1) is 6.54 Å². The zero-order valence-electron chi connectivity index (χ0n) is 8.71. The van der Waals surface area contributed by atoms with Crippen molar-refractivity contribution < 1.29 is 29.1 Å². The molecule has 0 aromatic carbocycles. The number of carboxylic acid groups (broad SMARTS) is 1. The highest BCUT2D eigenvalue weighted by Gasteiger charge is 2.31. The summed E-state index contributed by atoms with van der Waals surface area (Å²) in [5.41, 5.74) is 4.49. The number of nitrogens with zero attached hydrogens (tertiary/aromatic N) is 1. The van der Waals surface area contributed by atoms with Crippen LogP contribution >= 0.6 is 0 Å². The maximum absolute atomic E-state index is 11.4. The third-order valence-corrected chi connectivity index (χ3v) is 1.85. The number of oxime groups is 1. The van der Waals surface area contributed by atoms with Crippen LogP contribution in [-0.4, -0.2) is 48.0 Å². The minimum absolute atomic E-state index is 0.0596. The summed E-state index contributed by atoms with van der Waals surface area (Å²) in [5.74, 6) is -1.75. The molecule has 1 aliphatic heterocycles. The Balaban J connectivity index is 2.22. The van der Waals surface area contributed by atoms with Crippen LogP contribution in [0.15, 0.2) is 5.16 Å². The maximum Gasteiger partial charge on any atom is 0.404 e. The Labute approximate surface area is 95.5 Å². The van der Waals surface area contributed by atoms with Crippen molar-refractivity contribution in [1.29, 1.82) is 0 Å². The summed E-state index contributed by atoms with van der Waals surface area (Å²) in [7, 11) is 0. The van der Waals surface area contributed by atoms with Crippen LogP contribution in [0.5, 0.6) is 0 Å². The smallest absolute Gasteiger partial charge is 0.404 e. The minimum Gasteiger partial charge on any atom is -0.477 e. The summed E-state index contributed by atoms with van der Waals surface area (Å²) in [6.45, 7) is -0.00945. The van der Waals surface area contributed by atoms with Gasteiger partial charge < -0.3 is 25.7 Å². The molecule has 0 aromatic rings. The number of primary amides is 1. The maximum atomic E-state index is 11.4. The average Bonchev–Trinajstić information content (AvgIpc) is 2.73. The van der Waals surface area contributed by atoms with Crippen LogP contribution in [0.4, 0.5) is 4.79 Å². The molecule has 17 heavy (non-hydrogen) atoms. The third kappa shape index (κ3) is 3.97. The standard InChI is InChI=1S/C8H11N3O6/c9-8(15)16-2-1-10-6(12)5-3-4(7(13)14)11-17-5/h5H,1-3H2,(H2,9,15)(H,10,12)(H,13,14). The molecule has 94 valence electrons. The first kappa shape index (κ1) is 12.7. The Morgan fingerprint density at radius 3 is 2.82 bits per heavy atom. The summed E-state index contributed by atoms with van der Waals surface area (Å²) in [4.78, 5) is 36.7. The number of aliphatic carboxylic acids is 1. The van der Waals surface area contributed by atoms with Gasteiger partial charge in [-0.2, -0.15) is 0 Å². The molecule has 0 aliphatic carbocycles. The number of hydrogen-bond donors (Lipinski definition) is 3. The van der Waals surface area contributed by atoms with Gasteiger partial charge >= 0.3 is 12.1 Å². The number of nitrogens with one attached hydrogen (secondary N) is 1. The lowest BCUT2D eigenvalue weighted by molar-refractivity contribution is -0.131. The van der Waals surface area contributed by atoms with Crippen molar-refractivity contribution in [3.05, 3.63) is 0 Å². The Hall–Kier alpha value is -2.32. The number of carboxylic acids is 1. The molecule has 0 radical (unpaired) electrons. The molecule has 4 N–H and O–H groups in total. The fourth-order valence-corrected chi connectivity index (χ4v) is 1.08. The van der Waals surface area contributed by atoms with Crippen molar-refractivity contribution in [3.63, 3.8) is 0 Å². The molecule has 1 unspecified atom stereocenters. The number of carbonyl (C=O) groups is 3. The van der Waals surface area contributed by atoms with E-state index in [1.165, 1.54) is 0 Å². The quantitative estimate of drug-likeness (QED) is 0.499. The lowest BCUT2D eigenvalue weighted by atomic mass is 10.2. The van der Waals surface area contributed by atoms with Gasteiger partial charge in [0.15, 0.2) is 5.71 Å². The molecule has 0 saturated carbocycles. The van der Waals surface area contributed by atoms with Crippen LogP contribution in [0.2, 0.25) is 0 Å². The van der Waals surface area contributed by atoms with Crippen molar-refractivity contribution in [1.82, 2.24) is 5.32 Å². The van der Waals surface area contributed by atoms with E-state index >= 15 is 0 Å². The molecule has 1 heterocycles. The monoisotopic (exact) mass is 245 g/mol. The van der Waals surface area contributed by atoms with Crippen LogP contribution in [0.3, 0.4) is 0 Å². The molecule has 0 saturated heterocycles. The van der Waals surface area contributed by atoms with Gasteiger partial charge in [-0.25, -0.2) is 9.59 Å². The van der Waals surface area contributed by atoms with Crippen molar-refractivity contribution in [2.45, 2.75) is 12.5 Å². The lowest BCUT2D eigenvalue weighted by Crippen LogP contribution is -2.37. The summed E-state index contributed by atoms with van der Waals surface area (Å²) in [5, 5.41) is 14.2. The highest BCUT2D eigenvalue weighted by atomic mass is 16.6. The second-order valence-electron chi connectivity index (χ2n) is 3.10. The molecule has 0 bridgehead atoms. The number of carbonyl (C=O) groups excluding carboxylic acids is 2. The van der Waals surface area contributed by atoms with Crippen molar-refractivity contribution >= 4 is 23.7 Å². The van der Waals surface area contributed by atoms with Gasteiger partial charge in [-0.1, -0.05) is 5.16 Å². The number of ether oxygens (including phenoxy) is 1. The summed E-state index contributed by atoms with van der Waals surface area (Å²) in [6, 6.07) is 0. The molecular weight excluding hydrogens is 234 g/mol. The van der Waals surface area contributed by atoms with E-state index in [0.29, 0.717) is 0 Å². The van der Waals surface area contributed by atoms with Gasteiger partial charge in [0.25, 0.3) is 5.91 Å². The minimum atomic E-state index is -1.22. The first-order valence-corrected chi connectivity index (χ1v) is 4.66. The molecule has 1 rings (SSSR count). The molecular formula is C8H11N3O6. The van der Waals surface area contributed by atoms with E-state index in [2.05, 4.69) is 20.0 Å². The van der Waals surface area contributed by atoms with Crippen LogP contribution in [0.1, 0.15) is 6.42 Å². The van der Waals surface area contributed by atoms with Crippen LogP contribution in [-0.2, 0) is 19.2 Å². The van der Waals surface area contributed by atoms with E-state index in [4.69, 9.17) is 10.8 Å². The molecule has 9 heteroatoms. The number of hydrogen-bond acceptors (Lipinski definition) is 6. The summed E-state index contributed by atoms with van der Waals surface area (Å²) >= 11 is 0. The largest absolute Gasteiger partial charge is 0.477 e. The molecule has 9 nitrogen and oxygen atoms in total. The van der Waals surface area contributed by atoms with E-state index in [9.17, 15) is 14.4 Å². The topological polar surface area (TPSA) is 140 Å². The highest BCUT2D eigenvalue weighted by molar-refractivity contribution is 6.36. The van der Waals surface area contributed by atoms with Crippen LogP contribution in [0, 0.1) is 0 Å². The van der Waals surface area contributed by atoms with Gasteiger partial charge in [-0.3, -0.25) is 4.79 Å². The van der Waals surface area contributed by atoms with Crippen molar-refractivity contribution in [2.75, 3.05) is 13.2 Å². The normalized spacial score (nSPS) is 17.9. The predicted molar refractivity (Wildman–Crippen MR) is 53.1 cm³/mol. The molecule has 2 amide bonds. The first-order chi connectivity index (χ1) is 8.00. The second kappa shape index (κ2) is 5.68. The van der Waals surface area contributed by atoms with Gasteiger partial charge in [0.2, 0.25) is 6.10 Å². The average molecular weight is 245 g/mol. The Kier molecular flexibility index (Phi) is 4.26. The summed E-state index contributed by atoms with van der Waals surface area (Å²) < 4.78 is 4.37. The number of nitrogens with two attached hydrogens (primary N) is 1. The predicted octanol–water partition coefficient (Wildman–Crippen LogP) is -1.57. The Bertz CT molecular complexity index is 366. The van der Waals surface area contributed by atoms with Crippen LogP contribution in [0.25, 0.3) is 0 Å². The van der Waals surface area contributed by atoms with Crippen molar-refractivity contribution in [2.24, 2.45) is 10.9 Å². The van der Waals surface area contributed by atoms with E-state index in [0.717, 1.165) is 0 Å². The third-order valence-electron chi connectivity index (χ3n) is 1.85. The fraction of sp³-hybridized carbons (Fsp3) is 0.500. The zero-order chi connectivity index (χ0) is 12.8. The van der Waals surface area contributed by atoms with Gasteiger partial charge in [0, 0.05) is 6.42 Å². The fourth-order valence-electron chi connectivity index (χ4n) is 1.08. The van der Waals surface area contributed by atoms with Crippen LogP contribution < -0.4 is 11.1 Å². The molecule has 0 fully saturated rings. The molecule has 0 spiro atoms. The van der Waals surface area contributed by atoms with E-state index in [1.54, 1.807) is 0 Å². The van der Waals surface area contributed by atoms with E-state index in [-0.39, 0.29) is 25.3 Å². The van der Waals surface area contributed by atoms with E-state index < -0.39 is 24.1 Å². The molecule has 1 atom stereocenters. The first-order valence-electron chi connectivity index (χ1n) is 4.66. The SMILES string of the molecule is NC(=O)OCCNC(=O)C1CC(C(=O)O)=NO1. The second-order valence-corrected chi connectivity index (χ2v) is 3.10. The Morgan fingerprint density at radius 1 is 1.59 bits per heavy atom. The highest BCUT2D eigenvalue weighted by Crippen LogP contribution is 2.10. The zero-order valence-corrected chi connectivity index (χ0v) is 8.71. The Morgan fingerprint density at radius 2 is 2.29 bits per heavy atom. The van der Waals surface area contributed by atoms with E-state index in [1.807, 2.05) is 0 Å². The number of rotatable bonds is 5. The van der Waals surface area contributed by atoms with Gasteiger partial charge in [-0.15, -0.1) is 0 Å². The van der Waals surface area contributed by atoms with Gasteiger partial charge in [-0.05, 0) is 0 Å². The van der Waals surface area contributed by atoms with Gasteiger partial charge in [0.1, 0.15) is 6.61 Å². The molecule has 1 aliphatic rings.